The number of nitrogens with two attached hydrogens (primary N) is 1. The van der Waals surface area contributed by atoms with Crippen LogP contribution in [0.25, 0.3) is 6.08 Å². The van der Waals surface area contributed by atoms with Crippen LogP contribution >= 0.6 is 0 Å². The first-order chi connectivity index (χ1) is 10.4. The fourth-order valence-corrected chi connectivity index (χ4v) is 4.15. The van der Waals surface area contributed by atoms with Gasteiger partial charge in [-0.1, -0.05) is 12.1 Å². The summed E-state index contributed by atoms with van der Waals surface area (Å²) in [5.74, 6) is -0.806. The fraction of sp³-hybridized carbons (Fsp3) is 0.143. The normalized spacial score (nSPS) is 17.6. The van der Waals surface area contributed by atoms with Crippen LogP contribution in [-0.2, 0) is 10.0 Å². The average Bonchev–Trinajstić information content (AvgIpc) is 2.46. The highest BCUT2D eigenvalue weighted by Gasteiger charge is 2.37. The van der Waals surface area contributed by atoms with E-state index >= 15 is 0 Å². The predicted octanol–water partition coefficient (Wildman–Crippen LogP) is 1.51. The van der Waals surface area contributed by atoms with Gasteiger partial charge in [0.1, 0.15) is 17.0 Å². The molecular weight excluding hydrogens is 307 g/mol. The zero-order chi connectivity index (χ0) is 15.9. The lowest BCUT2D eigenvalue weighted by Gasteiger charge is -2.32. The second-order valence-corrected chi connectivity index (χ2v) is 6.61. The first-order valence-corrected chi connectivity index (χ1v) is 7.93. The summed E-state index contributed by atoms with van der Waals surface area (Å²) in [6.45, 7) is 1.66. The minimum atomic E-state index is -4.13. The fourth-order valence-electron chi connectivity index (χ4n) is 2.36. The number of hydrogen-bond acceptors (Lipinski definition) is 5. The van der Waals surface area contributed by atoms with E-state index in [0.29, 0.717) is 5.70 Å². The number of rotatable bonds is 2. The highest BCUT2D eigenvalue weighted by atomic mass is 32.2. The third-order valence-corrected chi connectivity index (χ3v) is 5.13. The Balaban J connectivity index is 2.33. The molecule has 0 saturated heterocycles. The molecule has 22 heavy (non-hydrogen) atoms. The Bertz CT molecular complexity index is 850. The third-order valence-electron chi connectivity index (χ3n) is 3.28. The van der Waals surface area contributed by atoms with Crippen molar-refractivity contribution in [1.29, 1.82) is 0 Å². The van der Waals surface area contributed by atoms with Gasteiger partial charge in [-0.05, 0) is 24.6 Å². The molecule has 1 aromatic heterocycles. The number of nitrogens with zero attached hydrogens (tertiary/aromatic N) is 3. The molecule has 0 spiro atoms. The van der Waals surface area contributed by atoms with Gasteiger partial charge in [0, 0.05) is 6.04 Å². The van der Waals surface area contributed by atoms with Crippen LogP contribution in [0.4, 0.5) is 10.1 Å². The van der Waals surface area contributed by atoms with Gasteiger partial charge in [0.25, 0.3) is 10.0 Å². The Kier molecular flexibility index (Phi) is 3.42. The first-order valence-electron chi connectivity index (χ1n) is 6.49. The quantitative estimate of drug-likeness (QED) is 0.906. The van der Waals surface area contributed by atoms with Gasteiger partial charge in [-0.3, -0.25) is 0 Å². The van der Waals surface area contributed by atoms with Crippen LogP contribution in [0.15, 0.2) is 47.5 Å². The summed E-state index contributed by atoms with van der Waals surface area (Å²) < 4.78 is 40.8. The zero-order valence-corrected chi connectivity index (χ0v) is 12.5. The van der Waals surface area contributed by atoms with E-state index in [1.165, 1.54) is 30.9 Å². The molecule has 1 aliphatic heterocycles. The molecule has 6 nitrogen and oxygen atoms in total. The first kappa shape index (κ1) is 14.6. The molecule has 114 valence electrons. The Morgan fingerprint density at radius 3 is 2.59 bits per heavy atom. The molecule has 2 heterocycles. The molecule has 0 aliphatic carbocycles. The minimum Gasteiger partial charge on any atom is -0.323 e. The van der Waals surface area contributed by atoms with Crippen LogP contribution in [0.3, 0.4) is 0 Å². The van der Waals surface area contributed by atoms with E-state index in [2.05, 4.69) is 9.97 Å². The smallest absolute Gasteiger partial charge is 0.272 e. The van der Waals surface area contributed by atoms with Crippen LogP contribution in [0, 0.1) is 5.82 Å². The lowest BCUT2D eigenvalue weighted by molar-refractivity contribution is 0.562. The maximum absolute atomic E-state index is 14.1. The summed E-state index contributed by atoms with van der Waals surface area (Å²) >= 11 is 0. The molecule has 0 radical (unpaired) electrons. The number of fused-ring (bicyclic) bond motifs is 1. The number of halogens is 1. The van der Waals surface area contributed by atoms with E-state index in [4.69, 9.17) is 5.73 Å². The van der Waals surface area contributed by atoms with Crippen molar-refractivity contribution < 1.29 is 12.8 Å². The minimum absolute atomic E-state index is 0.208. The van der Waals surface area contributed by atoms with Crippen molar-refractivity contribution in [2.24, 2.45) is 5.73 Å². The topological polar surface area (TPSA) is 89.2 Å². The van der Waals surface area contributed by atoms with Gasteiger partial charge < -0.3 is 5.73 Å². The van der Waals surface area contributed by atoms with Crippen molar-refractivity contribution in [3.05, 3.63) is 54.0 Å². The van der Waals surface area contributed by atoms with Crippen molar-refractivity contribution in [2.45, 2.75) is 17.9 Å². The molecule has 8 heteroatoms. The van der Waals surface area contributed by atoms with E-state index in [9.17, 15) is 12.8 Å². The van der Waals surface area contributed by atoms with E-state index in [0.717, 1.165) is 10.4 Å². The summed E-state index contributed by atoms with van der Waals surface area (Å²) in [7, 11) is -4.13. The van der Waals surface area contributed by atoms with Gasteiger partial charge in [0.15, 0.2) is 0 Å². The van der Waals surface area contributed by atoms with Gasteiger partial charge in [-0.25, -0.2) is 27.1 Å². The van der Waals surface area contributed by atoms with Crippen molar-refractivity contribution in [1.82, 2.24) is 9.97 Å². The number of benzene rings is 1. The van der Waals surface area contributed by atoms with Gasteiger partial charge in [-0.15, -0.1) is 0 Å². The Labute approximate surface area is 127 Å². The number of hydrogen-bond donors (Lipinski definition) is 1. The lowest BCUT2D eigenvalue weighted by atomic mass is 10.1. The molecule has 1 atom stereocenters. The predicted molar refractivity (Wildman–Crippen MR) is 79.7 cm³/mol. The summed E-state index contributed by atoms with van der Waals surface area (Å²) in [4.78, 5) is 7.27. The van der Waals surface area contributed by atoms with Gasteiger partial charge in [0.2, 0.25) is 0 Å². The van der Waals surface area contributed by atoms with Gasteiger partial charge in [-0.2, -0.15) is 0 Å². The van der Waals surface area contributed by atoms with E-state index in [1.54, 1.807) is 13.0 Å². The van der Waals surface area contributed by atoms with Crippen molar-refractivity contribution in [3.63, 3.8) is 0 Å². The van der Waals surface area contributed by atoms with Crippen LogP contribution in [0.5, 0.6) is 0 Å². The molecule has 1 unspecified atom stereocenters. The summed E-state index contributed by atoms with van der Waals surface area (Å²) in [5.41, 5.74) is 6.72. The SMILES string of the molecule is CC(N)C1=Cc2cccc(F)c2S(=O)(=O)N1c1cncnc1. The van der Waals surface area contributed by atoms with Gasteiger partial charge >= 0.3 is 0 Å². The maximum atomic E-state index is 14.1. The average molecular weight is 320 g/mol. The summed E-state index contributed by atoms with van der Waals surface area (Å²) in [5, 5.41) is 0. The number of anilines is 1. The van der Waals surface area contributed by atoms with Crippen LogP contribution in [0.2, 0.25) is 0 Å². The number of sulfonamides is 1. The molecule has 1 aromatic carbocycles. The maximum Gasteiger partial charge on any atom is 0.272 e. The highest BCUT2D eigenvalue weighted by Crippen LogP contribution is 2.36. The van der Waals surface area contributed by atoms with Crippen LogP contribution in [0.1, 0.15) is 12.5 Å². The van der Waals surface area contributed by atoms with Crippen molar-refractivity contribution in [3.8, 4) is 0 Å². The molecule has 2 aromatic rings. The Hall–Kier alpha value is -2.32. The van der Waals surface area contributed by atoms with Crippen LogP contribution in [-0.4, -0.2) is 24.4 Å². The molecule has 0 amide bonds. The lowest BCUT2D eigenvalue weighted by Crippen LogP contribution is -2.40. The van der Waals surface area contributed by atoms with E-state index in [1.807, 2.05) is 0 Å². The van der Waals surface area contributed by atoms with Gasteiger partial charge in [0.05, 0.1) is 23.8 Å². The zero-order valence-electron chi connectivity index (χ0n) is 11.6. The third kappa shape index (κ3) is 2.16. The second-order valence-electron chi connectivity index (χ2n) is 4.88. The Morgan fingerprint density at radius 2 is 1.95 bits per heavy atom. The van der Waals surface area contributed by atoms with E-state index in [-0.39, 0.29) is 16.1 Å². The highest BCUT2D eigenvalue weighted by molar-refractivity contribution is 7.93. The monoisotopic (exact) mass is 320 g/mol. The van der Waals surface area contributed by atoms with Crippen molar-refractivity contribution >= 4 is 21.8 Å². The molecule has 3 rings (SSSR count). The van der Waals surface area contributed by atoms with Crippen molar-refractivity contribution in [2.75, 3.05) is 4.31 Å². The summed E-state index contributed by atoms with van der Waals surface area (Å²) in [6.07, 6.45) is 5.53. The molecule has 0 fully saturated rings. The van der Waals surface area contributed by atoms with Crippen LogP contribution < -0.4 is 10.0 Å². The second kappa shape index (κ2) is 5.15. The molecular formula is C14H13FN4O2S. The molecule has 2 N–H and O–H groups in total. The standard InChI is InChI=1S/C14H13FN4O2S/c1-9(16)13-5-10-3-2-4-12(15)14(10)22(20,21)19(13)11-6-17-8-18-7-11/h2-9H,16H2,1H3. The van der Waals surface area contributed by atoms with E-state index < -0.39 is 21.9 Å². The molecule has 0 saturated carbocycles. The largest absolute Gasteiger partial charge is 0.323 e. The molecule has 1 aliphatic rings. The molecule has 0 bridgehead atoms. The number of aromatic nitrogens is 2. The Morgan fingerprint density at radius 1 is 1.27 bits per heavy atom. The summed E-state index contributed by atoms with van der Waals surface area (Å²) in [6, 6.07) is 3.53.